The molecule has 1 atom stereocenters. The second kappa shape index (κ2) is 5.00. The van der Waals surface area contributed by atoms with Crippen LogP contribution in [0.1, 0.15) is 32.4 Å². The van der Waals surface area contributed by atoms with Crippen molar-refractivity contribution in [1.82, 2.24) is 9.97 Å². The Kier molecular flexibility index (Phi) is 3.64. The number of rotatable bonds is 5. The minimum absolute atomic E-state index is 0.125. The highest BCUT2D eigenvalue weighted by atomic mass is 35.5. The van der Waals surface area contributed by atoms with Crippen molar-refractivity contribution >= 4 is 11.6 Å². The molecule has 0 bridgehead atoms. The third-order valence-corrected chi connectivity index (χ3v) is 3.07. The van der Waals surface area contributed by atoms with Crippen molar-refractivity contribution in [3.05, 3.63) is 18.1 Å². The van der Waals surface area contributed by atoms with E-state index < -0.39 is 0 Å². The van der Waals surface area contributed by atoms with E-state index in [-0.39, 0.29) is 11.5 Å². The zero-order valence-corrected chi connectivity index (χ0v) is 10.4. The molecule has 3 nitrogen and oxygen atoms in total. The highest BCUT2D eigenvalue weighted by Crippen LogP contribution is 2.36. The van der Waals surface area contributed by atoms with E-state index in [2.05, 4.69) is 9.97 Å². The summed E-state index contributed by atoms with van der Waals surface area (Å²) in [7, 11) is 0. The molecule has 1 unspecified atom stereocenters. The maximum atomic E-state index is 6.26. The maximum absolute atomic E-state index is 6.26. The van der Waals surface area contributed by atoms with Crippen LogP contribution in [0.25, 0.3) is 0 Å². The molecule has 1 aliphatic rings. The summed E-state index contributed by atoms with van der Waals surface area (Å²) in [6.45, 7) is 3.95. The average Bonchev–Trinajstić information content (AvgIpc) is 2.99. The van der Waals surface area contributed by atoms with Crippen molar-refractivity contribution in [3.8, 4) is 5.88 Å². The van der Waals surface area contributed by atoms with Crippen LogP contribution in [0, 0.1) is 5.92 Å². The predicted octanol–water partition coefficient (Wildman–Crippen LogP) is 2.82. The quantitative estimate of drug-likeness (QED) is 0.743. The molecular formula is C12H17ClN2O. The molecule has 0 spiro atoms. The standard InChI is InChI=1S/C12H17ClN2O/c1-8(2)16-12-7-14-6-10(15-12)5-11(13)9-3-4-9/h6-9,11H,3-5H2,1-2H3. The van der Waals surface area contributed by atoms with Gasteiger partial charge in [0.25, 0.3) is 0 Å². The molecule has 0 amide bonds. The number of alkyl halides is 1. The number of ether oxygens (including phenoxy) is 1. The molecule has 1 fully saturated rings. The van der Waals surface area contributed by atoms with Gasteiger partial charge in [0.15, 0.2) is 0 Å². The van der Waals surface area contributed by atoms with Gasteiger partial charge in [0, 0.05) is 18.0 Å². The van der Waals surface area contributed by atoms with Gasteiger partial charge in [0.1, 0.15) is 0 Å². The molecule has 1 aliphatic carbocycles. The molecule has 16 heavy (non-hydrogen) atoms. The zero-order valence-electron chi connectivity index (χ0n) is 9.69. The predicted molar refractivity (Wildman–Crippen MR) is 63.9 cm³/mol. The lowest BCUT2D eigenvalue weighted by atomic mass is 10.2. The van der Waals surface area contributed by atoms with Gasteiger partial charge < -0.3 is 4.74 Å². The number of nitrogens with zero attached hydrogens (tertiary/aromatic N) is 2. The van der Waals surface area contributed by atoms with Crippen molar-refractivity contribution in [2.75, 3.05) is 0 Å². The van der Waals surface area contributed by atoms with Crippen LogP contribution in [0.3, 0.4) is 0 Å². The minimum atomic E-state index is 0.125. The van der Waals surface area contributed by atoms with E-state index in [0.717, 1.165) is 12.1 Å². The van der Waals surface area contributed by atoms with Gasteiger partial charge in [0.05, 0.1) is 18.0 Å². The Hall–Kier alpha value is -0.830. The Morgan fingerprint density at radius 3 is 2.81 bits per heavy atom. The van der Waals surface area contributed by atoms with Crippen molar-refractivity contribution in [1.29, 1.82) is 0 Å². The Morgan fingerprint density at radius 2 is 2.19 bits per heavy atom. The Balaban J connectivity index is 1.97. The molecule has 1 aromatic heterocycles. The van der Waals surface area contributed by atoms with E-state index in [9.17, 15) is 0 Å². The number of hydrogen-bond acceptors (Lipinski definition) is 3. The summed E-state index contributed by atoms with van der Waals surface area (Å²) in [6.07, 6.45) is 6.83. The van der Waals surface area contributed by atoms with Crippen LogP contribution in [0.5, 0.6) is 5.88 Å². The van der Waals surface area contributed by atoms with Gasteiger partial charge in [-0.1, -0.05) is 0 Å². The summed E-state index contributed by atoms with van der Waals surface area (Å²) in [5.74, 6) is 1.27. The zero-order chi connectivity index (χ0) is 11.5. The summed E-state index contributed by atoms with van der Waals surface area (Å²) < 4.78 is 5.50. The second-order valence-corrected chi connectivity index (χ2v) is 5.13. The van der Waals surface area contributed by atoms with Gasteiger partial charge >= 0.3 is 0 Å². The fraction of sp³-hybridized carbons (Fsp3) is 0.667. The van der Waals surface area contributed by atoms with E-state index in [4.69, 9.17) is 16.3 Å². The molecule has 0 aliphatic heterocycles. The number of hydrogen-bond donors (Lipinski definition) is 0. The summed E-state index contributed by atoms with van der Waals surface area (Å²) in [5.41, 5.74) is 0.921. The fourth-order valence-electron chi connectivity index (χ4n) is 1.61. The minimum Gasteiger partial charge on any atom is -0.474 e. The largest absolute Gasteiger partial charge is 0.474 e. The molecule has 0 saturated heterocycles. The first-order chi connectivity index (χ1) is 7.65. The summed E-state index contributed by atoms with van der Waals surface area (Å²) in [5, 5.41) is 0.198. The third kappa shape index (κ3) is 3.34. The van der Waals surface area contributed by atoms with Crippen LogP contribution in [-0.4, -0.2) is 21.4 Å². The van der Waals surface area contributed by atoms with Gasteiger partial charge in [-0.15, -0.1) is 11.6 Å². The molecule has 0 radical (unpaired) electrons. The maximum Gasteiger partial charge on any atom is 0.232 e. The molecule has 88 valence electrons. The van der Waals surface area contributed by atoms with E-state index >= 15 is 0 Å². The SMILES string of the molecule is CC(C)Oc1cncc(CC(Cl)C2CC2)n1. The van der Waals surface area contributed by atoms with Gasteiger partial charge in [-0.05, 0) is 32.6 Å². The number of aromatic nitrogens is 2. The van der Waals surface area contributed by atoms with Crippen LogP contribution >= 0.6 is 11.6 Å². The topological polar surface area (TPSA) is 35.0 Å². The third-order valence-electron chi connectivity index (χ3n) is 2.56. The van der Waals surface area contributed by atoms with Crippen LogP contribution in [0.15, 0.2) is 12.4 Å². The van der Waals surface area contributed by atoms with Gasteiger partial charge in [0.2, 0.25) is 5.88 Å². The first-order valence-corrected chi connectivity index (χ1v) is 6.20. The van der Waals surface area contributed by atoms with E-state index in [1.54, 1.807) is 12.4 Å². The molecule has 1 heterocycles. The highest BCUT2D eigenvalue weighted by molar-refractivity contribution is 6.21. The Labute approximate surface area is 101 Å². The van der Waals surface area contributed by atoms with E-state index in [1.165, 1.54) is 12.8 Å². The van der Waals surface area contributed by atoms with Crippen molar-refractivity contribution in [2.45, 2.75) is 44.6 Å². The number of halogens is 1. The van der Waals surface area contributed by atoms with Crippen LogP contribution in [-0.2, 0) is 6.42 Å². The van der Waals surface area contributed by atoms with Crippen LogP contribution in [0.4, 0.5) is 0 Å². The van der Waals surface area contributed by atoms with Gasteiger partial charge in [-0.2, -0.15) is 0 Å². The van der Waals surface area contributed by atoms with Crippen LogP contribution < -0.4 is 4.74 Å². The average molecular weight is 241 g/mol. The smallest absolute Gasteiger partial charge is 0.232 e. The summed E-state index contributed by atoms with van der Waals surface area (Å²) >= 11 is 6.26. The lowest BCUT2D eigenvalue weighted by Crippen LogP contribution is -2.11. The molecule has 0 N–H and O–H groups in total. The first-order valence-electron chi connectivity index (χ1n) is 5.77. The molecular weight excluding hydrogens is 224 g/mol. The lowest BCUT2D eigenvalue weighted by Gasteiger charge is -2.10. The van der Waals surface area contributed by atoms with E-state index in [1.807, 2.05) is 13.8 Å². The van der Waals surface area contributed by atoms with E-state index in [0.29, 0.717) is 11.8 Å². The molecule has 4 heteroatoms. The monoisotopic (exact) mass is 240 g/mol. The van der Waals surface area contributed by atoms with Crippen molar-refractivity contribution in [3.63, 3.8) is 0 Å². The molecule has 1 saturated carbocycles. The molecule has 2 rings (SSSR count). The van der Waals surface area contributed by atoms with Crippen molar-refractivity contribution < 1.29 is 4.74 Å². The second-order valence-electron chi connectivity index (χ2n) is 4.57. The summed E-state index contributed by atoms with van der Waals surface area (Å²) in [4.78, 5) is 8.52. The normalized spacial score (nSPS) is 17.5. The highest BCUT2D eigenvalue weighted by Gasteiger charge is 2.30. The van der Waals surface area contributed by atoms with Gasteiger partial charge in [-0.3, -0.25) is 4.98 Å². The lowest BCUT2D eigenvalue weighted by molar-refractivity contribution is 0.231. The first kappa shape index (κ1) is 11.6. The van der Waals surface area contributed by atoms with Crippen LogP contribution in [0.2, 0.25) is 0 Å². The molecule has 1 aromatic rings. The Bertz CT molecular complexity index is 353. The van der Waals surface area contributed by atoms with Crippen molar-refractivity contribution in [2.24, 2.45) is 5.92 Å². The molecule has 0 aromatic carbocycles. The Morgan fingerprint density at radius 1 is 1.44 bits per heavy atom. The summed E-state index contributed by atoms with van der Waals surface area (Å²) in [6, 6.07) is 0. The van der Waals surface area contributed by atoms with Gasteiger partial charge in [-0.25, -0.2) is 4.98 Å². The fourth-order valence-corrected chi connectivity index (χ4v) is 2.02.